The summed E-state index contributed by atoms with van der Waals surface area (Å²) in [6, 6.07) is 14.0. The molecule has 0 spiro atoms. The van der Waals surface area contributed by atoms with Crippen molar-refractivity contribution >= 4 is 21.6 Å². The zero-order valence-corrected chi connectivity index (χ0v) is 18.4. The zero-order valence-electron chi connectivity index (χ0n) is 17.6. The predicted molar refractivity (Wildman–Crippen MR) is 117 cm³/mol. The first-order valence-corrected chi connectivity index (χ1v) is 11.6. The fraction of sp³-hybridized carbons (Fsp3) is 0.435. The van der Waals surface area contributed by atoms with Crippen LogP contribution >= 0.6 is 0 Å². The van der Waals surface area contributed by atoms with Crippen LogP contribution in [0.15, 0.2) is 53.4 Å². The second-order valence-corrected chi connectivity index (χ2v) is 10.7. The molecule has 1 N–H and O–H groups in total. The predicted octanol–water partition coefficient (Wildman–Crippen LogP) is 4.80. The summed E-state index contributed by atoms with van der Waals surface area (Å²) >= 11 is 0. The van der Waals surface area contributed by atoms with Gasteiger partial charge in [-0.2, -0.15) is 4.31 Å². The van der Waals surface area contributed by atoms with Crippen molar-refractivity contribution in [3.8, 4) is 0 Å². The largest absolute Gasteiger partial charge is 0.322 e. The van der Waals surface area contributed by atoms with Crippen molar-refractivity contribution in [3.63, 3.8) is 0 Å². The van der Waals surface area contributed by atoms with Gasteiger partial charge in [0, 0.05) is 23.8 Å². The van der Waals surface area contributed by atoms with Crippen molar-refractivity contribution in [2.45, 2.75) is 63.3 Å². The summed E-state index contributed by atoms with van der Waals surface area (Å²) in [5, 5.41) is 2.84. The molecule has 1 amide bonds. The normalized spacial score (nSPS) is 18.4. The lowest BCUT2D eigenvalue weighted by molar-refractivity contribution is 0.102. The maximum Gasteiger partial charge on any atom is 0.255 e. The second-order valence-electron chi connectivity index (χ2n) is 8.77. The number of hydrogen-bond acceptors (Lipinski definition) is 3. The van der Waals surface area contributed by atoms with Gasteiger partial charge >= 0.3 is 0 Å². The molecule has 1 atom stereocenters. The van der Waals surface area contributed by atoms with E-state index in [1.54, 1.807) is 28.6 Å². The standard InChI is InChI=1S/C23H30N2O3S/c1-17-7-5-6-16-25(17)29(27,28)21-14-12-20(13-15-21)24-22(26)18-8-10-19(11-9-18)23(2,3)4/h8-15,17H,5-7,16H2,1-4H3,(H,24,26). The van der Waals surface area contributed by atoms with E-state index in [1.807, 2.05) is 31.2 Å². The first-order chi connectivity index (χ1) is 13.6. The highest BCUT2D eigenvalue weighted by atomic mass is 32.2. The molecule has 0 aliphatic carbocycles. The Hall–Kier alpha value is -2.18. The molecule has 1 saturated heterocycles. The molecular formula is C23H30N2O3S. The van der Waals surface area contributed by atoms with Crippen molar-refractivity contribution in [1.82, 2.24) is 4.31 Å². The summed E-state index contributed by atoms with van der Waals surface area (Å²) in [5.74, 6) is -0.217. The highest BCUT2D eigenvalue weighted by molar-refractivity contribution is 7.89. The molecule has 1 aliphatic rings. The van der Waals surface area contributed by atoms with Crippen molar-refractivity contribution in [3.05, 3.63) is 59.7 Å². The molecule has 1 unspecified atom stereocenters. The van der Waals surface area contributed by atoms with Gasteiger partial charge in [0.2, 0.25) is 10.0 Å². The number of carbonyl (C=O) groups excluding carboxylic acids is 1. The average molecular weight is 415 g/mol. The third kappa shape index (κ3) is 4.87. The van der Waals surface area contributed by atoms with Gasteiger partial charge in [-0.25, -0.2) is 8.42 Å². The van der Waals surface area contributed by atoms with Crippen LogP contribution in [-0.2, 0) is 15.4 Å². The fourth-order valence-corrected chi connectivity index (χ4v) is 5.30. The highest BCUT2D eigenvalue weighted by Crippen LogP contribution is 2.26. The van der Waals surface area contributed by atoms with Gasteiger partial charge in [0.25, 0.3) is 5.91 Å². The Morgan fingerprint density at radius 2 is 1.62 bits per heavy atom. The Morgan fingerprint density at radius 3 is 2.17 bits per heavy atom. The number of anilines is 1. The van der Waals surface area contributed by atoms with Crippen molar-refractivity contribution in [1.29, 1.82) is 0 Å². The molecule has 29 heavy (non-hydrogen) atoms. The van der Waals surface area contributed by atoms with Gasteiger partial charge < -0.3 is 5.32 Å². The molecule has 2 aromatic carbocycles. The van der Waals surface area contributed by atoms with Crippen molar-refractivity contribution in [2.24, 2.45) is 0 Å². The SMILES string of the molecule is CC1CCCCN1S(=O)(=O)c1ccc(NC(=O)c2ccc(C(C)(C)C)cc2)cc1. The number of sulfonamides is 1. The lowest BCUT2D eigenvalue weighted by Gasteiger charge is -2.32. The number of nitrogens with zero attached hydrogens (tertiary/aromatic N) is 1. The molecule has 1 heterocycles. The maximum absolute atomic E-state index is 12.9. The van der Waals surface area contributed by atoms with Gasteiger partial charge in [-0.05, 0) is 67.1 Å². The molecule has 6 heteroatoms. The number of piperidine rings is 1. The molecular weight excluding hydrogens is 384 g/mol. The first-order valence-electron chi connectivity index (χ1n) is 10.1. The lowest BCUT2D eigenvalue weighted by atomic mass is 9.87. The topological polar surface area (TPSA) is 66.5 Å². The van der Waals surface area contributed by atoms with E-state index in [1.165, 1.54) is 0 Å². The minimum absolute atomic E-state index is 0.0178. The van der Waals surface area contributed by atoms with E-state index in [-0.39, 0.29) is 22.3 Å². The van der Waals surface area contributed by atoms with Crippen LogP contribution in [0.25, 0.3) is 0 Å². The first kappa shape index (κ1) is 21.5. The zero-order chi connectivity index (χ0) is 21.2. The van der Waals surface area contributed by atoms with Crippen LogP contribution in [0, 0.1) is 0 Å². The van der Waals surface area contributed by atoms with E-state index < -0.39 is 10.0 Å². The molecule has 3 rings (SSSR count). The van der Waals surface area contributed by atoms with E-state index in [2.05, 4.69) is 26.1 Å². The third-order valence-electron chi connectivity index (χ3n) is 5.47. The van der Waals surface area contributed by atoms with E-state index in [4.69, 9.17) is 0 Å². The van der Waals surface area contributed by atoms with Crippen LogP contribution in [0.3, 0.4) is 0 Å². The van der Waals surface area contributed by atoms with Crippen LogP contribution < -0.4 is 5.32 Å². The van der Waals surface area contributed by atoms with Gasteiger partial charge in [0.15, 0.2) is 0 Å². The summed E-state index contributed by atoms with van der Waals surface area (Å²) in [6.45, 7) is 8.90. The molecule has 0 saturated carbocycles. The van der Waals surface area contributed by atoms with Crippen molar-refractivity contribution < 1.29 is 13.2 Å². The van der Waals surface area contributed by atoms with Crippen LogP contribution in [0.1, 0.15) is 62.9 Å². The van der Waals surface area contributed by atoms with Crippen LogP contribution in [0.2, 0.25) is 0 Å². The number of benzene rings is 2. The van der Waals surface area contributed by atoms with Gasteiger partial charge in [-0.15, -0.1) is 0 Å². The minimum Gasteiger partial charge on any atom is -0.322 e. The molecule has 1 fully saturated rings. The third-order valence-corrected chi connectivity index (χ3v) is 7.50. The minimum atomic E-state index is -3.51. The molecule has 0 aromatic heterocycles. The fourth-order valence-electron chi connectivity index (χ4n) is 3.60. The number of nitrogens with one attached hydrogen (secondary N) is 1. The molecule has 0 radical (unpaired) electrons. The van der Waals surface area contributed by atoms with Crippen LogP contribution in [0.5, 0.6) is 0 Å². The Bertz CT molecular complexity index is 959. The van der Waals surface area contributed by atoms with E-state index in [9.17, 15) is 13.2 Å². The summed E-state index contributed by atoms with van der Waals surface area (Å²) in [4.78, 5) is 12.8. The number of hydrogen-bond donors (Lipinski definition) is 1. The quantitative estimate of drug-likeness (QED) is 0.781. The lowest BCUT2D eigenvalue weighted by Crippen LogP contribution is -2.41. The molecule has 0 bridgehead atoms. The molecule has 5 nitrogen and oxygen atoms in total. The molecule has 1 aliphatic heterocycles. The number of rotatable bonds is 4. The van der Waals surface area contributed by atoms with Crippen LogP contribution in [-0.4, -0.2) is 31.2 Å². The smallest absolute Gasteiger partial charge is 0.255 e. The van der Waals surface area contributed by atoms with E-state index in [0.29, 0.717) is 17.8 Å². The molecule has 2 aromatic rings. The van der Waals surface area contributed by atoms with Crippen molar-refractivity contribution in [2.75, 3.05) is 11.9 Å². The summed E-state index contributed by atoms with van der Waals surface area (Å²) in [7, 11) is -3.51. The monoisotopic (exact) mass is 414 g/mol. The van der Waals surface area contributed by atoms with Crippen LogP contribution in [0.4, 0.5) is 5.69 Å². The Kier molecular flexibility index (Phi) is 6.15. The second kappa shape index (κ2) is 8.28. The number of carbonyl (C=O) groups is 1. The molecule has 156 valence electrons. The highest BCUT2D eigenvalue weighted by Gasteiger charge is 2.30. The van der Waals surface area contributed by atoms with Gasteiger partial charge in [-0.3, -0.25) is 4.79 Å². The Balaban J connectivity index is 1.71. The van der Waals surface area contributed by atoms with Gasteiger partial charge in [0.05, 0.1) is 4.90 Å². The average Bonchev–Trinajstić information content (AvgIpc) is 2.68. The maximum atomic E-state index is 12.9. The summed E-state index contributed by atoms with van der Waals surface area (Å²) in [6.07, 6.45) is 2.85. The van der Waals surface area contributed by atoms with Gasteiger partial charge in [-0.1, -0.05) is 39.3 Å². The van der Waals surface area contributed by atoms with E-state index >= 15 is 0 Å². The summed E-state index contributed by atoms with van der Waals surface area (Å²) < 4.78 is 27.4. The van der Waals surface area contributed by atoms with Gasteiger partial charge in [0.1, 0.15) is 0 Å². The summed E-state index contributed by atoms with van der Waals surface area (Å²) in [5.41, 5.74) is 2.33. The van der Waals surface area contributed by atoms with E-state index in [0.717, 1.165) is 24.8 Å². The Labute approximate surface area is 174 Å². The Morgan fingerprint density at radius 1 is 1.00 bits per heavy atom. The number of amides is 1.